The summed E-state index contributed by atoms with van der Waals surface area (Å²) in [6.45, 7) is 1.94. The zero-order chi connectivity index (χ0) is 17.3. The molecular formula is C18H13ClN2O3. The van der Waals surface area contributed by atoms with Crippen LogP contribution >= 0.6 is 11.6 Å². The van der Waals surface area contributed by atoms with E-state index in [1.807, 2.05) is 19.1 Å². The number of urea groups is 1. The lowest BCUT2D eigenvalue weighted by molar-refractivity contribution is -0.122. The molecular weight excluding hydrogens is 328 g/mol. The zero-order valence-corrected chi connectivity index (χ0v) is 13.5. The topological polar surface area (TPSA) is 66.5 Å². The van der Waals surface area contributed by atoms with E-state index in [0.29, 0.717) is 16.3 Å². The number of aryl methyl sites for hydroxylation is 1. The second-order valence-electron chi connectivity index (χ2n) is 5.34. The van der Waals surface area contributed by atoms with E-state index in [4.69, 9.17) is 11.6 Å². The number of nitrogens with zero attached hydrogens (tertiary/aromatic N) is 1. The number of anilines is 1. The fraction of sp³-hybridized carbons (Fsp3) is 0.0556. The van der Waals surface area contributed by atoms with Crippen molar-refractivity contribution in [2.24, 2.45) is 0 Å². The number of nitrogens with one attached hydrogen (secondary N) is 1. The smallest absolute Gasteiger partial charge is 0.273 e. The average molecular weight is 341 g/mol. The van der Waals surface area contributed by atoms with E-state index >= 15 is 0 Å². The van der Waals surface area contributed by atoms with Crippen molar-refractivity contribution in [3.63, 3.8) is 0 Å². The maximum Gasteiger partial charge on any atom is 0.335 e. The van der Waals surface area contributed by atoms with Crippen LogP contribution in [0.3, 0.4) is 0 Å². The molecule has 6 heteroatoms. The number of hydrogen-bond donors (Lipinski definition) is 1. The summed E-state index contributed by atoms with van der Waals surface area (Å²) in [5.74, 6) is -1.39. The maximum atomic E-state index is 12.6. The highest BCUT2D eigenvalue weighted by Gasteiger charge is 2.36. The van der Waals surface area contributed by atoms with Crippen LogP contribution in [0.2, 0.25) is 5.02 Å². The molecule has 1 aliphatic heterocycles. The summed E-state index contributed by atoms with van der Waals surface area (Å²) in [6, 6.07) is 12.8. The standard InChI is InChI=1S/C18H13ClN2O3/c1-11-2-4-12(5-3-11)10-15-16(22)20-18(24)21(17(15)23)14-8-6-13(19)7-9-14/h2-10H,1H3,(H,20,22,24). The van der Waals surface area contributed by atoms with Gasteiger partial charge in [0.15, 0.2) is 0 Å². The van der Waals surface area contributed by atoms with Gasteiger partial charge in [-0.3, -0.25) is 14.9 Å². The molecule has 4 amide bonds. The summed E-state index contributed by atoms with van der Waals surface area (Å²) in [7, 11) is 0. The Labute approximate surface area is 143 Å². The van der Waals surface area contributed by atoms with Crippen molar-refractivity contribution in [3.8, 4) is 0 Å². The average Bonchev–Trinajstić information content (AvgIpc) is 2.55. The first-order valence-corrected chi connectivity index (χ1v) is 7.57. The van der Waals surface area contributed by atoms with Gasteiger partial charge in [0.1, 0.15) is 5.57 Å². The first kappa shape index (κ1) is 16.0. The molecule has 0 spiro atoms. The SMILES string of the molecule is Cc1ccc(C=C2C(=O)NC(=O)N(c3ccc(Cl)cc3)C2=O)cc1. The lowest BCUT2D eigenvalue weighted by atomic mass is 10.1. The third-order valence-corrected chi connectivity index (χ3v) is 3.83. The van der Waals surface area contributed by atoms with Gasteiger partial charge in [0, 0.05) is 5.02 Å². The van der Waals surface area contributed by atoms with Crippen molar-refractivity contribution in [1.29, 1.82) is 0 Å². The molecule has 0 saturated carbocycles. The molecule has 120 valence electrons. The van der Waals surface area contributed by atoms with Gasteiger partial charge < -0.3 is 0 Å². The molecule has 0 unspecified atom stereocenters. The van der Waals surface area contributed by atoms with Gasteiger partial charge in [-0.2, -0.15) is 0 Å². The summed E-state index contributed by atoms with van der Waals surface area (Å²) in [5.41, 5.74) is 2.00. The Kier molecular flexibility index (Phi) is 4.18. The Hall–Kier alpha value is -2.92. The molecule has 0 aromatic heterocycles. The predicted molar refractivity (Wildman–Crippen MR) is 91.6 cm³/mol. The first-order chi connectivity index (χ1) is 11.5. The van der Waals surface area contributed by atoms with Crippen LogP contribution in [0.4, 0.5) is 10.5 Å². The zero-order valence-electron chi connectivity index (χ0n) is 12.7. The highest BCUT2D eigenvalue weighted by Crippen LogP contribution is 2.23. The van der Waals surface area contributed by atoms with Crippen LogP contribution in [-0.4, -0.2) is 17.8 Å². The third kappa shape index (κ3) is 3.07. The number of benzene rings is 2. The second-order valence-corrected chi connectivity index (χ2v) is 5.78. The van der Waals surface area contributed by atoms with E-state index in [0.717, 1.165) is 10.5 Å². The number of rotatable bonds is 2. The van der Waals surface area contributed by atoms with E-state index in [1.54, 1.807) is 36.4 Å². The largest absolute Gasteiger partial charge is 0.335 e. The highest BCUT2D eigenvalue weighted by molar-refractivity contribution is 6.39. The molecule has 1 N–H and O–H groups in total. The minimum atomic E-state index is -0.784. The number of hydrogen-bond acceptors (Lipinski definition) is 3. The number of carbonyl (C=O) groups is 3. The molecule has 1 fully saturated rings. The molecule has 2 aromatic rings. The van der Waals surface area contributed by atoms with Gasteiger partial charge in [-0.05, 0) is 42.8 Å². The van der Waals surface area contributed by atoms with Gasteiger partial charge in [0.05, 0.1) is 5.69 Å². The van der Waals surface area contributed by atoms with Gasteiger partial charge in [0.2, 0.25) is 0 Å². The Balaban J connectivity index is 1.99. The van der Waals surface area contributed by atoms with Crippen molar-refractivity contribution >= 4 is 41.2 Å². The van der Waals surface area contributed by atoms with Gasteiger partial charge >= 0.3 is 6.03 Å². The first-order valence-electron chi connectivity index (χ1n) is 7.19. The van der Waals surface area contributed by atoms with E-state index < -0.39 is 17.8 Å². The maximum absolute atomic E-state index is 12.6. The van der Waals surface area contributed by atoms with Crippen LogP contribution in [0.1, 0.15) is 11.1 Å². The van der Waals surface area contributed by atoms with Crippen LogP contribution in [0.25, 0.3) is 6.08 Å². The molecule has 3 rings (SSSR count). The van der Waals surface area contributed by atoms with Crippen LogP contribution in [0, 0.1) is 6.92 Å². The number of carbonyl (C=O) groups excluding carboxylic acids is 3. The summed E-state index contributed by atoms with van der Waals surface area (Å²) in [5, 5.41) is 2.66. The van der Waals surface area contributed by atoms with Gasteiger partial charge in [-0.15, -0.1) is 0 Å². The van der Waals surface area contributed by atoms with E-state index in [9.17, 15) is 14.4 Å². The summed E-state index contributed by atoms with van der Waals surface area (Å²) in [4.78, 5) is 37.7. The summed E-state index contributed by atoms with van der Waals surface area (Å²) in [6.07, 6.45) is 1.46. The number of halogens is 1. The normalized spacial score (nSPS) is 16.5. The number of barbiturate groups is 1. The monoisotopic (exact) mass is 340 g/mol. The lowest BCUT2D eigenvalue weighted by Gasteiger charge is -2.26. The fourth-order valence-corrected chi connectivity index (χ4v) is 2.44. The van der Waals surface area contributed by atoms with E-state index in [-0.39, 0.29) is 5.57 Å². The van der Waals surface area contributed by atoms with Gasteiger partial charge in [-0.1, -0.05) is 41.4 Å². The quantitative estimate of drug-likeness (QED) is 0.673. The Morgan fingerprint density at radius 3 is 2.21 bits per heavy atom. The molecule has 1 aliphatic rings. The van der Waals surface area contributed by atoms with Crippen LogP contribution < -0.4 is 10.2 Å². The van der Waals surface area contributed by atoms with E-state index in [1.165, 1.54) is 6.08 Å². The van der Waals surface area contributed by atoms with Crippen molar-refractivity contribution in [1.82, 2.24) is 5.32 Å². The Morgan fingerprint density at radius 1 is 0.958 bits per heavy atom. The highest BCUT2D eigenvalue weighted by atomic mass is 35.5. The molecule has 5 nitrogen and oxygen atoms in total. The lowest BCUT2D eigenvalue weighted by Crippen LogP contribution is -2.54. The number of amides is 4. The van der Waals surface area contributed by atoms with Gasteiger partial charge in [-0.25, -0.2) is 9.69 Å². The Morgan fingerprint density at radius 2 is 1.58 bits per heavy atom. The van der Waals surface area contributed by atoms with Crippen molar-refractivity contribution in [2.45, 2.75) is 6.92 Å². The molecule has 2 aromatic carbocycles. The summed E-state index contributed by atoms with van der Waals surface area (Å²) < 4.78 is 0. The minimum absolute atomic E-state index is 0.103. The van der Waals surface area contributed by atoms with Crippen molar-refractivity contribution < 1.29 is 14.4 Å². The minimum Gasteiger partial charge on any atom is -0.273 e. The van der Waals surface area contributed by atoms with Crippen LogP contribution in [0.5, 0.6) is 0 Å². The Bertz CT molecular complexity index is 855. The molecule has 1 heterocycles. The van der Waals surface area contributed by atoms with Crippen molar-refractivity contribution in [2.75, 3.05) is 4.90 Å². The molecule has 1 saturated heterocycles. The third-order valence-electron chi connectivity index (χ3n) is 3.57. The van der Waals surface area contributed by atoms with Crippen LogP contribution in [-0.2, 0) is 9.59 Å². The molecule has 0 aliphatic carbocycles. The molecule has 0 bridgehead atoms. The fourth-order valence-electron chi connectivity index (χ4n) is 2.31. The molecule has 0 atom stereocenters. The molecule has 24 heavy (non-hydrogen) atoms. The van der Waals surface area contributed by atoms with Crippen LogP contribution in [0.15, 0.2) is 54.1 Å². The van der Waals surface area contributed by atoms with Gasteiger partial charge in [0.25, 0.3) is 11.8 Å². The van der Waals surface area contributed by atoms with Crippen molar-refractivity contribution in [3.05, 3.63) is 70.3 Å². The van der Waals surface area contributed by atoms with E-state index in [2.05, 4.69) is 5.32 Å². The molecule has 0 radical (unpaired) electrons. The number of imide groups is 2. The predicted octanol–water partition coefficient (Wildman–Crippen LogP) is 3.31. The second kappa shape index (κ2) is 6.29. The summed E-state index contributed by atoms with van der Waals surface area (Å²) >= 11 is 5.83.